The number of nitrogens with one attached hydrogen (secondary N) is 1. The predicted octanol–water partition coefficient (Wildman–Crippen LogP) is 1.07. The van der Waals surface area contributed by atoms with Crippen LogP contribution in [0.1, 0.15) is 30.6 Å². The third kappa shape index (κ3) is 6.13. The summed E-state index contributed by atoms with van der Waals surface area (Å²) >= 11 is 0. The lowest BCUT2D eigenvalue weighted by Gasteiger charge is -2.18. The van der Waals surface area contributed by atoms with Crippen molar-refractivity contribution in [2.75, 3.05) is 13.2 Å². The number of aliphatic hydroxyl groups excluding tert-OH is 1. The Labute approximate surface area is 133 Å². The van der Waals surface area contributed by atoms with Crippen LogP contribution in [-0.2, 0) is 9.53 Å². The minimum Gasteiger partial charge on any atom is -0.466 e. The molecule has 0 fully saturated rings. The van der Waals surface area contributed by atoms with Gasteiger partial charge in [-0.1, -0.05) is 0 Å². The molecular formula is C15H20N2O6. The summed E-state index contributed by atoms with van der Waals surface area (Å²) in [6.07, 6.45) is -0.875. The number of carbonyl (C=O) groups excluding carboxylic acids is 2. The molecule has 8 nitrogen and oxygen atoms in total. The maximum atomic E-state index is 12.5. The van der Waals surface area contributed by atoms with Crippen molar-refractivity contribution in [3.63, 3.8) is 0 Å². The van der Waals surface area contributed by atoms with Crippen LogP contribution in [0.4, 0.5) is 5.69 Å². The van der Waals surface area contributed by atoms with E-state index in [1.807, 2.05) is 0 Å². The monoisotopic (exact) mass is 324 g/mol. The number of nitro groups is 1. The lowest BCUT2D eigenvalue weighted by atomic mass is 10.0. The first-order valence-corrected chi connectivity index (χ1v) is 7.20. The minimum atomic E-state index is -0.870. The Hall–Kier alpha value is -2.32. The number of hydrogen-bond acceptors (Lipinski definition) is 7. The van der Waals surface area contributed by atoms with Crippen LogP contribution in [0.3, 0.4) is 0 Å². The van der Waals surface area contributed by atoms with Crippen molar-refractivity contribution < 1.29 is 24.4 Å². The van der Waals surface area contributed by atoms with Crippen molar-refractivity contribution >= 4 is 17.4 Å². The molecule has 0 heterocycles. The molecule has 23 heavy (non-hydrogen) atoms. The van der Waals surface area contributed by atoms with E-state index < -0.39 is 28.8 Å². The molecule has 0 amide bonds. The zero-order valence-corrected chi connectivity index (χ0v) is 13.0. The maximum absolute atomic E-state index is 12.5. The molecule has 0 aromatic heterocycles. The second kappa shape index (κ2) is 8.96. The van der Waals surface area contributed by atoms with E-state index in [2.05, 4.69) is 5.32 Å². The van der Waals surface area contributed by atoms with Crippen LogP contribution in [0.15, 0.2) is 24.3 Å². The molecule has 0 aliphatic heterocycles. The molecule has 2 unspecified atom stereocenters. The van der Waals surface area contributed by atoms with E-state index in [4.69, 9.17) is 4.74 Å². The van der Waals surface area contributed by atoms with Gasteiger partial charge < -0.3 is 15.2 Å². The van der Waals surface area contributed by atoms with Crippen LogP contribution in [0.5, 0.6) is 0 Å². The number of carbonyl (C=O) groups is 2. The largest absolute Gasteiger partial charge is 0.466 e. The second-order valence-electron chi connectivity index (χ2n) is 4.99. The van der Waals surface area contributed by atoms with E-state index in [0.29, 0.717) is 0 Å². The van der Waals surface area contributed by atoms with Crippen molar-refractivity contribution in [2.24, 2.45) is 0 Å². The fraction of sp³-hybridized carbons (Fsp3) is 0.467. The van der Waals surface area contributed by atoms with Gasteiger partial charge in [-0.05, 0) is 26.0 Å². The first-order chi connectivity index (χ1) is 10.8. The summed E-state index contributed by atoms with van der Waals surface area (Å²) in [7, 11) is 0. The fourth-order valence-electron chi connectivity index (χ4n) is 1.91. The van der Waals surface area contributed by atoms with E-state index >= 15 is 0 Å². The van der Waals surface area contributed by atoms with E-state index in [1.54, 1.807) is 13.8 Å². The smallest absolute Gasteiger partial charge is 0.307 e. The van der Waals surface area contributed by atoms with Crippen molar-refractivity contribution in [1.29, 1.82) is 0 Å². The van der Waals surface area contributed by atoms with E-state index in [0.717, 1.165) is 0 Å². The van der Waals surface area contributed by atoms with Gasteiger partial charge in [0.1, 0.15) is 0 Å². The topological polar surface area (TPSA) is 119 Å². The first-order valence-electron chi connectivity index (χ1n) is 7.20. The van der Waals surface area contributed by atoms with Gasteiger partial charge in [-0.15, -0.1) is 0 Å². The van der Waals surface area contributed by atoms with Gasteiger partial charge >= 0.3 is 5.97 Å². The molecule has 0 aliphatic rings. The van der Waals surface area contributed by atoms with Crippen LogP contribution in [0, 0.1) is 10.1 Å². The number of ketones is 1. The van der Waals surface area contributed by atoms with Crippen LogP contribution >= 0.6 is 0 Å². The number of esters is 1. The molecule has 0 bridgehead atoms. The Morgan fingerprint density at radius 2 is 1.96 bits per heavy atom. The number of rotatable bonds is 9. The number of benzene rings is 1. The van der Waals surface area contributed by atoms with Gasteiger partial charge in [-0.25, -0.2) is 0 Å². The number of nitrogens with zero attached hydrogens (tertiary/aromatic N) is 1. The van der Waals surface area contributed by atoms with Crippen molar-refractivity contribution in [1.82, 2.24) is 5.32 Å². The zero-order valence-electron chi connectivity index (χ0n) is 13.0. The first kappa shape index (κ1) is 18.7. The lowest BCUT2D eigenvalue weighted by Crippen LogP contribution is -2.42. The van der Waals surface area contributed by atoms with Gasteiger partial charge in [0.2, 0.25) is 0 Å². The molecule has 1 aromatic rings. The third-order valence-electron chi connectivity index (χ3n) is 3.01. The van der Waals surface area contributed by atoms with Gasteiger partial charge in [-0.3, -0.25) is 19.7 Å². The Kier molecular flexibility index (Phi) is 7.30. The normalized spacial score (nSPS) is 13.2. The predicted molar refractivity (Wildman–Crippen MR) is 82.1 cm³/mol. The van der Waals surface area contributed by atoms with Crippen LogP contribution in [-0.4, -0.2) is 47.1 Å². The average molecular weight is 324 g/mol. The van der Waals surface area contributed by atoms with Crippen LogP contribution in [0.2, 0.25) is 0 Å². The molecule has 1 rings (SSSR count). The molecule has 0 aliphatic carbocycles. The molecule has 0 spiro atoms. The quantitative estimate of drug-likeness (QED) is 0.302. The number of Topliss-reactive ketones (excluding diaryl/α,β-unsaturated/α-hetero) is 1. The molecule has 126 valence electrons. The second-order valence-corrected chi connectivity index (χ2v) is 4.99. The van der Waals surface area contributed by atoms with Gasteiger partial charge in [0.25, 0.3) is 5.69 Å². The minimum absolute atomic E-state index is 0.125. The average Bonchev–Trinajstić information content (AvgIpc) is 2.51. The number of hydrogen-bond donors (Lipinski definition) is 2. The highest BCUT2D eigenvalue weighted by Gasteiger charge is 2.24. The van der Waals surface area contributed by atoms with Gasteiger partial charge in [0.05, 0.1) is 30.1 Å². The highest BCUT2D eigenvalue weighted by molar-refractivity contribution is 6.02. The Morgan fingerprint density at radius 3 is 2.43 bits per heavy atom. The van der Waals surface area contributed by atoms with E-state index in [1.165, 1.54) is 24.3 Å². The Bertz CT molecular complexity index is 556. The van der Waals surface area contributed by atoms with E-state index in [9.17, 15) is 24.8 Å². The summed E-state index contributed by atoms with van der Waals surface area (Å²) in [5.74, 6) is -0.931. The number of ether oxygens (including phenoxy) is 1. The zero-order chi connectivity index (χ0) is 17.4. The number of aliphatic hydroxyl groups is 1. The summed E-state index contributed by atoms with van der Waals surface area (Å²) in [6, 6.07) is 4.25. The van der Waals surface area contributed by atoms with Crippen molar-refractivity contribution in [2.45, 2.75) is 32.4 Å². The molecular weight excluding hydrogens is 304 g/mol. The summed E-state index contributed by atoms with van der Waals surface area (Å²) in [6.45, 7) is 3.54. The van der Waals surface area contributed by atoms with Gasteiger partial charge in [-0.2, -0.15) is 0 Å². The highest BCUT2D eigenvalue weighted by atomic mass is 16.6. The molecule has 0 radical (unpaired) electrons. The standard InChI is InChI=1S/C15H20N2O6/c1-3-23-14(19)8-13(16-9-10(2)18)15(20)11-4-6-12(7-5-11)17(21)22/h4-7,10,13,16,18H,3,8-9H2,1-2H3. The third-order valence-corrected chi connectivity index (χ3v) is 3.01. The fourth-order valence-corrected chi connectivity index (χ4v) is 1.91. The van der Waals surface area contributed by atoms with Crippen molar-refractivity contribution in [3.8, 4) is 0 Å². The summed E-state index contributed by atoms with van der Waals surface area (Å²) in [5.41, 5.74) is 0.114. The highest BCUT2D eigenvalue weighted by Crippen LogP contribution is 2.14. The summed E-state index contributed by atoms with van der Waals surface area (Å²) in [5, 5.41) is 22.8. The van der Waals surface area contributed by atoms with Crippen molar-refractivity contribution in [3.05, 3.63) is 39.9 Å². The lowest BCUT2D eigenvalue weighted by molar-refractivity contribution is -0.384. The van der Waals surface area contributed by atoms with Crippen LogP contribution in [0.25, 0.3) is 0 Å². The molecule has 8 heteroatoms. The molecule has 0 saturated carbocycles. The molecule has 0 saturated heterocycles. The van der Waals surface area contributed by atoms with Gasteiger partial charge in [0, 0.05) is 24.2 Å². The number of non-ortho nitro benzene ring substituents is 1. The molecule has 2 atom stereocenters. The Balaban J connectivity index is 2.87. The summed E-state index contributed by atoms with van der Waals surface area (Å²) < 4.78 is 4.83. The number of nitro benzene ring substituents is 1. The molecule has 1 aromatic carbocycles. The van der Waals surface area contributed by atoms with E-state index in [-0.39, 0.29) is 30.8 Å². The SMILES string of the molecule is CCOC(=O)CC(NCC(C)O)C(=O)c1ccc([N+](=O)[O-])cc1. The maximum Gasteiger partial charge on any atom is 0.307 e. The van der Waals surface area contributed by atoms with Gasteiger partial charge in [0.15, 0.2) is 5.78 Å². The van der Waals surface area contributed by atoms with Crippen LogP contribution < -0.4 is 5.32 Å². The molecule has 2 N–H and O–H groups in total. The Morgan fingerprint density at radius 1 is 1.35 bits per heavy atom. The summed E-state index contributed by atoms with van der Waals surface area (Å²) in [4.78, 5) is 34.1.